The largest absolute Gasteiger partial charge is 0.393 e. The number of aromatic amines is 1. The molecular weight excluding hydrogens is 385 g/mol. The van der Waals surface area contributed by atoms with Gasteiger partial charge in [-0.05, 0) is 42.7 Å². The van der Waals surface area contributed by atoms with Crippen LogP contribution >= 0.6 is 0 Å². The zero-order chi connectivity index (χ0) is 21.1. The fourth-order valence-corrected chi connectivity index (χ4v) is 3.79. The lowest BCUT2D eigenvalue weighted by Crippen LogP contribution is -2.52. The van der Waals surface area contributed by atoms with Crippen LogP contribution < -0.4 is 5.32 Å². The number of halogens is 1. The minimum Gasteiger partial charge on any atom is -0.393 e. The maximum atomic E-state index is 13.3. The molecular formula is C23H24FN3O3. The summed E-state index contributed by atoms with van der Waals surface area (Å²) in [6.07, 6.45) is 0.894. The number of aliphatic hydroxyl groups excluding tert-OH is 1. The molecule has 2 heterocycles. The van der Waals surface area contributed by atoms with Crippen LogP contribution in [0.1, 0.15) is 28.9 Å². The molecule has 7 heteroatoms. The van der Waals surface area contributed by atoms with E-state index in [1.165, 1.54) is 12.1 Å². The summed E-state index contributed by atoms with van der Waals surface area (Å²) in [5.74, 6) is -0.923. The summed E-state index contributed by atoms with van der Waals surface area (Å²) in [5.41, 5.74) is 1.97. The molecule has 4 rings (SSSR count). The first kappa shape index (κ1) is 20.1. The number of amides is 2. The number of hydrogen-bond acceptors (Lipinski definition) is 3. The van der Waals surface area contributed by atoms with Crippen molar-refractivity contribution in [3.63, 3.8) is 0 Å². The van der Waals surface area contributed by atoms with Gasteiger partial charge in [0.05, 0.1) is 6.10 Å². The molecule has 1 saturated heterocycles. The Morgan fingerprint density at radius 1 is 1.13 bits per heavy atom. The number of carbonyl (C=O) groups is 2. The van der Waals surface area contributed by atoms with Crippen molar-refractivity contribution in [2.75, 3.05) is 13.1 Å². The third-order valence-electron chi connectivity index (χ3n) is 5.51. The van der Waals surface area contributed by atoms with E-state index in [-0.39, 0.29) is 24.1 Å². The van der Waals surface area contributed by atoms with E-state index in [9.17, 15) is 19.1 Å². The number of aliphatic hydroxyl groups is 1. The molecule has 3 N–H and O–H groups in total. The molecule has 1 atom stereocenters. The maximum Gasteiger partial charge on any atom is 0.268 e. The Bertz CT molecular complexity index is 1010. The number of aromatic nitrogens is 1. The molecule has 0 spiro atoms. The Kier molecular flexibility index (Phi) is 5.81. The van der Waals surface area contributed by atoms with Gasteiger partial charge >= 0.3 is 0 Å². The van der Waals surface area contributed by atoms with Crippen LogP contribution in [0, 0.1) is 5.82 Å². The summed E-state index contributed by atoms with van der Waals surface area (Å²) in [7, 11) is 0. The van der Waals surface area contributed by atoms with E-state index < -0.39 is 12.1 Å². The van der Waals surface area contributed by atoms with Crippen molar-refractivity contribution in [1.29, 1.82) is 0 Å². The molecule has 0 radical (unpaired) electrons. The van der Waals surface area contributed by atoms with Gasteiger partial charge in [-0.25, -0.2) is 4.39 Å². The van der Waals surface area contributed by atoms with E-state index in [1.54, 1.807) is 23.1 Å². The standard InChI is InChI=1S/C23H24FN3O3/c24-17-7-5-15(6-8-17)13-21(23(30)27-11-9-18(28)10-12-27)26-22(29)20-14-16-3-1-2-4-19(16)25-20/h1-8,14,18,21,25,28H,9-13H2,(H,26,29)/t21-/m1/s1. The average molecular weight is 409 g/mol. The van der Waals surface area contributed by atoms with Crippen LogP contribution in [0.4, 0.5) is 4.39 Å². The number of fused-ring (bicyclic) bond motifs is 1. The lowest BCUT2D eigenvalue weighted by Gasteiger charge is -2.32. The Labute approximate surface area is 173 Å². The van der Waals surface area contributed by atoms with Gasteiger partial charge in [0, 0.05) is 30.4 Å². The number of likely N-dealkylation sites (tertiary alicyclic amines) is 1. The summed E-state index contributed by atoms with van der Waals surface area (Å²) < 4.78 is 13.3. The molecule has 1 aliphatic rings. The molecule has 1 aromatic heterocycles. The summed E-state index contributed by atoms with van der Waals surface area (Å²) in [6.45, 7) is 0.893. The molecule has 0 aliphatic carbocycles. The maximum absolute atomic E-state index is 13.3. The number of hydrogen-bond donors (Lipinski definition) is 3. The highest BCUT2D eigenvalue weighted by atomic mass is 19.1. The summed E-state index contributed by atoms with van der Waals surface area (Å²) >= 11 is 0. The molecule has 1 fully saturated rings. The van der Waals surface area contributed by atoms with Crippen molar-refractivity contribution in [3.05, 3.63) is 71.7 Å². The number of piperidine rings is 1. The SMILES string of the molecule is O=C(N[C@H](Cc1ccc(F)cc1)C(=O)N1CCC(O)CC1)c1cc2ccccc2[nH]1. The van der Waals surface area contributed by atoms with E-state index in [0.29, 0.717) is 31.6 Å². The fraction of sp³-hybridized carbons (Fsp3) is 0.304. The third kappa shape index (κ3) is 4.52. The van der Waals surface area contributed by atoms with Gasteiger partial charge in [0.25, 0.3) is 5.91 Å². The van der Waals surface area contributed by atoms with E-state index in [4.69, 9.17) is 0 Å². The monoisotopic (exact) mass is 409 g/mol. The summed E-state index contributed by atoms with van der Waals surface area (Å²) in [6, 6.07) is 14.4. The average Bonchev–Trinajstić information content (AvgIpc) is 3.19. The number of benzene rings is 2. The van der Waals surface area contributed by atoms with Gasteiger partial charge in [0.15, 0.2) is 0 Å². The normalized spacial score (nSPS) is 15.9. The lowest BCUT2D eigenvalue weighted by molar-refractivity contribution is -0.135. The number of carbonyl (C=O) groups excluding carboxylic acids is 2. The van der Waals surface area contributed by atoms with Crippen molar-refractivity contribution in [2.24, 2.45) is 0 Å². The van der Waals surface area contributed by atoms with Gasteiger partial charge in [-0.1, -0.05) is 30.3 Å². The minimum absolute atomic E-state index is 0.198. The van der Waals surface area contributed by atoms with E-state index in [0.717, 1.165) is 16.5 Å². The Hall–Kier alpha value is -3.19. The second-order valence-electron chi connectivity index (χ2n) is 7.68. The second kappa shape index (κ2) is 8.67. The topological polar surface area (TPSA) is 85.4 Å². The minimum atomic E-state index is -0.787. The summed E-state index contributed by atoms with van der Waals surface area (Å²) in [4.78, 5) is 30.8. The van der Waals surface area contributed by atoms with Crippen LogP contribution in [0.2, 0.25) is 0 Å². The van der Waals surface area contributed by atoms with Gasteiger partial charge in [-0.2, -0.15) is 0 Å². The molecule has 2 amide bonds. The molecule has 0 saturated carbocycles. The number of nitrogens with one attached hydrogen (secondary N) is 2. The second-order valence-corrected chi connectivity index (χ2v) is 7.68. The highest BCUT2D eigenvalue weighted by Gasteiger charge is 2.29. The van der Waals surface area contributed by atoms with Gasteiger partial charge in [-0.15, -0.1) is 0 Å². The van der Waals surface area contributed by atoms with Crippen LogP contribution in [0.15, 0.2) is 54.6 Å². The zero-order valence-electron chi connectivity index (χ0n) is 16.5. The van der Waals surface area contributed by atoms with Crippen LogP contribution in [0.3, 0.4) is 0 Å². The first-order valence-corrected chi connectivity index (χ1v) is 10.1. The first-order chi connectivity index (χ1) is 14.5. The molecule has 0 bridgehead atoms. The van der Waals surface area contributed by atoms with E-state index in [2.05, 4.69) is 10.3 Å². The first-order valence-electron chi connectivity index (χ1n) is 10.1. The third-order valence-corrected chi connectivity index (χ3v) is 5.51. The molecule has 30 heavy (non-hydrogen) atoms. The van der Waals surface area contributed by atoms with Crippen LogP contribution in [-0.2, 0) is 11.2 Å². The van der Waals surface area contributed by atoms with Gasteiger partial charge in [0.1, 0.15) is 17.6 Å². The van der Waals surface area contributed by atoms with Gasteiger partial charge < -0.3 is 20.3 Å². The molecule has 3 aromatic rings. The van der Waals surface area contributed by atoms with Crippen LogP contribution in [0.25, 0.3) is 10.9 Å². The van der Waals surface area contributed by atoms with Crippen molar-refractivity contribution in [3.8, 4) is 0 Å². The van der Waals surface area contributed by atoms with Crippen molar-refractivity contribution in [2.45, 2.75) is 31.4 Å². The summed E-state index contributed by atoms with van der Waals surface area (Å²) in [5, 5.41) is 13.5. The van der Waals surface area contributed by atoms with E-state index in [1.807, 2.05) is 24.3 Å². The quantitative estimate of drug-likeness (QED) is 0.606. The van der Waals surface area contributed by atoms with Crippen LogP contribution in [0.5, 0.6) is 0 Å². The highest BCUT2D eigenvalue weighted by molar-refractivity contribution is 6.00. The smallest absolute Gasteiger partial charge is 0.268 e. The fourth-order valence-electron chi connectivity index (χ4n) is 3.79. The number of H-pyrrole nitrogens is 1. The Morgan fingerprint density at radius 2 is 1.83 bits per heavy atom. The van der Waals surface area contributed by atoms with Crippen LogP contribution in [-0.4, -0.2) is 52.0 Å². The molecule has 2 aromatic carbocycles. The number of rotatable bonds is 5. The Balaban J connectivity index is 1.54. The Morgan fingerprint density at radius 3 is 2.53 bits per heavy atom. The van der Waals surface area contributed by atoms with Gasteiger partial charge in [-0.3, -0.25) is 9.59 Å². The van der Waals surface area contributed by atoms with Gasteiger partial charge in [0.2, 0.25) is 5.91 Å². The molecule has 0 unspecified atom stereocenters. The van der Waals surface area contributed by atoms with Crippen molar-refractivity contribution >= 4 is 22.7 Å². The zero-order valence-corrected chi connectivity index (χ0v) is 16.5. The van der Waals surface area contributed by atoms with Crippen molar-refractivity contribution in [1.82, 2.24) is 15.2 Å². The van der Waals surface area contributed by atoms with E-state index >= 15 is 0 Å². The predicted molar refractivity (Wildman–Crippen MR) is 111 cm³/mol. The lowest BCUT2D eigenvalue weighted by atomic mass is 10.0. The molecule has 156 valence electrons. The predicted octanol–water partition coefficient (Wildman–Crippen LogP) is 2.63. The highest BCUT2D eigenvalue weighted by Crippen LogP contribution is 2.17. The number of nitrogens with zero attached hydrogens (tertiary/aromatic N) is 1. The number of para-hydroxylation sites is 1. The molecule has 1 aliphatic heterocycles. The van der Waals surface area contributed by atoms with Crippen molar-refractivity contribution < 1.29 is 19.1 Å². The molecule has 6 nitrogen and oxygen atoms in total.